The maximum absolute atomic E-state index is 4.68. The summed E-state index contributed by atoms with van der Waals surface area (Å²) in [4.78, 5) is 4.68. The monoisotopic (exact) mass is 256 g/mol. The summed E-state index contributed by atoms with van der Waals surface area (Å²) in [6.45, 7) is 7.11. The van der Waals surface area contributed by atoms with Gasteiger partial charge in [-0.25, -0.2) is 9.67 Å². The third kappa shape index (κ3) is 2.68. The van der Waals surface area contributed by atoms with E-state index in [9.17, 15) is 0 Å². The highest BCUT2D eigenvalue weighted by atomic mass is 15.3. The first-order valence-electron chi connectivity index (χ1n) is 6.85. The highest BCUT2D eigenvalue weighted by Gasteiger charge is 2.21. The molecule has 0 bridgehead atoms. The van der Waals surface area contributed by atoms with Crippen molar-refractivity contribution >= 4 is 0 Å². The minimum atomic E-state index is 0.702. The van der Waals surface area contributed by atoms with Gasteiger partial charge in [-0.2, -0.15) is 5.10 Å². The minimum Gasteiger partial charge on any atom is -0.310 e. The maximum atomic E-state index is 4.68. The van der Waals surface area contributed by atoms with Crippen molar-refractivity contribution in [3.8, 4) is 5.82 Å². The Labute approximate surface area is 113 Å². The summed E-state index contributed by atoms with van der Waals surface area (Å²) in [5.41, 5.74) is 4.72. The third-order valence-electron chi connectivity index (χ3n) is 3.53. The van der Waals surface area contributed by atoms with Gasteiger partial charge < -0.3 is 5.32 Å². The van der Waals surface area contributed by atoms with Gasteiger partial charge in [0.05, 0.1) is 6.20 Å². The van der Waals surface area contributed by atoms with Crippen LogP contribution >= 0.6 is 0 Å². The number of hydrogen-bond donors (Lipinski definition) is 1. The second-order valence-electron chi connectivity index (χ2n) is 5.50. The van der Waals surface area contributed by atoms with E-state index in [1.165, 1.54) is 24.0 Å². The summed E-state index contributed by atoms with van der Waals surface area (Å²) >= 11 is 0. The Hall–Kier alpha value is -1.68. The number of aryl methyl sites for hydroxylation is 3. The molecule has 4 heteroatoms. The molecule has 100 valence electrons. The number of aromatic nitrogens is 3. The van der Waals surface area contributed by atoms with Gasteiger partial charge in [-0.05, 0) is 50.8 Å². The molecule has 1 aliphatic carbocycles. The van der Waals surface area contributed by atoms with E-state index in [0.717, 1.165) is 23.6 Å². The summed E-state index contributed by atoms with van der Waals surface area (Å²) in [6.07, 6.45) is 6.50. The van der Waals surface area contributed by atoms with Gasteiger partial charge >= 0.3 is 0 Å². The number of pyridine rings is 1. The van der Waals surface area contributed by atoms with Gasteiger partial charge in [0.1, 0.15) is 0 Å². The van der Waals surface area contributed by atoms with Crippen LogP contribution in [0.4, 0.5) is 0 Å². The smallest absolute Gasteiger partial charge is 0.158 e. The Balaban J connectivity index is 1.99. The zero-order valence-corrected chi connectivity index (χ0v) is 11.8. The van der Waals surface area contributed by atoms with Crippen molar-refractivity contribution in [2.24, 2.45) is 0 Å². The zero-order valence-electron chi connectivity index (χ0n) is 11.8. The number of rotatable bonds is 4. The van der Waals surface area contributed by atoms with Crippen LogP contribution in [0.2, 0.25) is 0 Å². The molecule has 1 fully saturated rings. The molecular weight excluding hydrogens is 236 g/mol. The molecule has 2 aromatic rings. The van der Waals surface area contributed by atoms with Crippen molar-refractivity contribution in [1.82, 2.24) is 20.1 Å². The van der Waals surface area contributed by atoms with E-state index in [1.54, 1.807) is 0 Å². The van der Waals surface area contributed by atoms with E-state index < -0.39 is 0 Å². The van der Waals surface area contributed by atoms with Crippen LogP contribution in [0.15, 0.2) is 18.5 Å². The highest BCUT2D eigenvalue weighted by Crippen LogP contribution is 2.22. The average Bonchev–Trinajstić information content (AvgIpc) is 3.08. The Kier molecular flexibility index (Phi) is 3.11. The van der Waals surface area contributed by atoms with E-state index in [-0.39, 0.29) is 0 Å². The standard InChI is InChI=1S/C15H20N4/c1-10-7-17-19(9-10)15-14(8-16-13-4-5-13)11(2)6-12(3)18-15/h6-7,9,13,16H,4-5,8H2,1-3H3. The second kappa shape index (κ2) is 4.78. The van der Waals surface area contributed by atoms with Crippen molar-refractivity contribution in [2.75, 3.05) is 0 Å². The third-order valence-corrected chi connectivity index (χ3v) is 3.53. The van der Waals surface area contributed by atoms with Crippen molar-refractivity contribution in [3.05, 3.63) is 40.8 Å². The van der Waals surface area contributed by atoms with Crippen molar-refractivity contribution < 1.29 is 0 Å². The summed E-state index contributed by atoms with van der Waals surface area (Å²) in [6, 6.07) is 2.84. The highest BCUT2D eigenvalue weighted by molar-refractivity contribution is 5.41. The van der Waals surface area contributed by atoms with Crippen LogP contribution in [0.1, 0.15) is 35.2 Å². The second-order valence-corrected chi connectivity index (χ2v) is 5.50. The Morgan fingerprint density at radius 2 is 2.11 bits per heavy atom. The van der Waals surface area contributed by atoms with Gasteiger partial charge in [0.25, 0.3) is 0 Å². The lowest BCUT2D eigenvalue weighted by Crippen LogP contribution is -2.19. The van der Waals surface area contributed by atoms with Crippen molar-refractivity contribution in [3.63, 3.8) is 0 Å². The number of hydrogen-bond acceptors (Lipinski definition) is 3. The van der Waals surface area contributed by atoms with Gasteiger partial charge in [-0.15, -0.1) is 0 Å². The Morgan fingerprint density at radius 3 is 2.74 bits per heavy atom. The summed E-state index contributed by atoms with van der Waals surface area (Å²) < 4.78 is 1.89. The first-order valence-corrected chi connectivity index (χ1v) is 6.85. The molecule has 0 atom stereocenters. The summed E-state index contributed by atoms with van der Waals surface area (Å²) in [5.74, 6) is 0.957. The van der Waals surface area contributed by atoms with Crippen LogP contribution in [0.3, 0.4) is 0 Å². The average molecular weight is 256 g/mol. The van der Waals surface area contributed by atoms with Crippen molar-refractivity contribution in [1.29, 1.82) is 0 Å². The molecule has 2 heterocycles. The van der Waals surface area contributed by atoms with Crippen LogP contribution in [0, 0.1) is 20.8 Å². The van der Waals surface area contributed by atoms with Gasteiger partial charge in [0.15, 0.2) is 5.82 Å². The molecule has 0 aromatic carbocycles. The SMILES string of the molecule is Cc1cnn(-c2nc(C)cc(C)c2CNC2CC2)c1. The number of nitrogens with one attached hydrogen (secondary N) is 1. The first-order chi connectivity index (χ1) is 9.13. The molecule has 3 rings (SSSR count). The fourth-order valence-electron chi connectivity index (χ4n) is 2.31. The lowest BCUT2D eigenvalue weighted by molar-refractivity contribution is 0.672. The van der Waals surface area contributed by atoms with E-state index >= 15 is 0 Å². The molecule has 0 amide bonds. The molecular formula is C15H20N4. The number of nitrogens with zero attached hydrogens (tertiary/aromatic N) is 3. The van der Waals surface area contributed by atoms with Crippen LogP contribution in [0.5, 0.6) is 0 Å². The van der Waals surface area contributed by atoms with Crippen LogP contribution < -0.4 is 5.32 Å². The Morgan fingerprint density at radius 1 is 1.32 bits per heavy atom. The van der Waals surface area contributed by atoms with Crippen LogP contribution in [0.25, 0.3) is 5.82 Å². The molecule has 0 saturated heterocycles. The maximum Gasteiger partial charge on any atom is 0.158 e. The fourth-order valence-corrected chi connectivity index (χ4v) is 2.31. The van der Waals surface area contributed by atoms with E-state index in [2.05, 4.69) is 28.4 Å². The molecule has 4 nitrogen and oxygen atoms in total. The molecule has 0 aliphatic heterocycles. The molecule has 0 spiro atoms. The van der Waals surface area contributed by atoms with E-state index in [1.807, 2.05) is 30.9 Å². The quantitative estimate of drug-likeness (QED) is 0.913. The normalized spacial score (nSPS) is 14.9. The van der Waals surface area contributed by atoms with Crippen LogP contribution in [-0.4, -0.2) is 20.8 Å². The topological polar surface area (TPSA) is 42.7 Å². The van der Waals surface area contributed by atoms with Crippen molar-refractivity contribution in [2.45, 2.75) is 46.2 Å². The Bertz CT molecular complexity index is 596. The molecule has 0 radical (unpaired) electrons. The predicted molar refractivity (Wildman–Crippen MR) is 75.4 cm³/mol. The molecule has 19 heavy (non-hydrogen) atoms. The summed E-state index contributed by atoms with van der Waals surface area (Å²) in [7, 11) is 0. The fraction of sp³-hybridized carbons (Fsp3) is 0.467. The van der Waals surface area contributed by atoms with E-state index in [0.29, 0.717) is 6.04 Å². The molecule has 0 unspecified atom stereocenters. The lowest BCUT2D eigenvalue weighted by atomic mass is 10.1. The van der Waals surface area contributed by atoms with Gasteiger partial charge in [-0.1, -0.05) is 0 Å². The lowest BCUT2D eigenvalue weighted by Gasteiger charge is -2.13. The largest absolute Gasteiger partial charge is 0.310 e. The van der Waals surface area contributed by atoms with Crippen LogP contribution in [-0.2, 0) is 6.54 Å². The van der Waals surface area contributed by atoms with Gasteiger partial charge in [0.2, 0.25) is 0 Å². The zero-order chi connectivity index (χ0) is 13.4. The molecule has 1 aliphatic rings. The first kappa shape index (κ1) is 12.4. The summed E-state index contributed by atoms with van der Waals surface area (Å²) in [5, 5.41) is 7.97. The van der Waals surface area contributed by atoms with Gasteiger partial charge in [-0.3, -0.25) is 0 Å². The predicted octanol–water partition coefficient (Wildman–Crippen LogP) is 2.44. The minimum absolute atomic E-state index is 0.702. The molecule has 1 saturated carbocycles. The molecule has 1 N–H and O–H groups in total. The molecule has 2 aromatic heterocycles. The van der Waals surface area contributed by atoms with Gasteiger partial charge in [0, 0.05) is 30.0 Å². The van der Waals surface area contributed by atoms with E-state index in [4.69, 9.17) is 0 Å².